The molecule has 1 aliphatic heterocycles. The van der Waals surface area contributed by atoms with Gasteiger partial charge >= 0.3 is 0 Å². The largest absolute Gasteiger partial charge is 0.396 e. The Labute approximate surface area is 157 Å². The number of hydrogen-bond donors (Lipinski definition) is 1. The molecule has 0 unspecified atom stereocenters. The molecule has 1 aromatic carbocycles. The Morgan fingerprint density at radius 3 is 2.69 bits per heavy atom. The second-order valence-corrected chi connectivity index (χ2v) is 7.76. The van der Waals surface area contributed by atoms with E-state index in [1.807, 2.05) is 23.1 Å². The van der Waals surface area contributed by atoms with E-state index in [1.165, 1.54) is 22.4 Å². The van der Waals surface area contributed by atoms with Crippen molar-refractivity contribution in [2.45, 2.75) is 52.7 Å². The van der Waals surface area contributed by atoms with Gasteiger partial charge in [0.1, 0.15) is 0 Å². The molecule has 142 valence electrons. The minimum Gasteiger partial charge on any atom is -0.396 e. The average Bonchev–Trinajstić information content (AvgIpc) is 3.11. The van der Waals surface area contributed by atoms with E-state index in [1.54, 1.807) is 0 Å². The number of hydrogen-bond acceptors (Lipinski definition) is 4. The van der Waals surface area contributed by atoms with Gasteiger partial charge in [-0.3, -0.25) is 9.80 Å². The minimum absolute atomic E-state index is 0.254. The van der Waals surface area contributed by atoms with Crippen LogP contribution in [0.15, 0.2) is 30.6 Å². The van der Waals surface area contributed by atoms with Crippen molar-refractivity contribution in [3.05, 3.63) is 47.3 Å². The standard InChI is InChI=1S/C21H32N4O/c1-16(2)24-10-9-23(14-19(24)6-11-26)15-20-18(4)12-17(3)13-21(20)25-8-5-7-22-25/h5,7-8,12-13,16,19,26H,6,9-11,14-15H2,1-4H3/t19-/m1/s1. The lowest BCUT2D eigenvalue weighted by Gasteiger charge is -2.43. The van der Waals surface area contributed by atoms with E-state index in [4.69, 9.17) is 0 Å². The van der Waals surface area contributed by atoms with Crippen LogP contribution in [0.4, 0.5) is 0 Å². The topological polar surface area (TPSA) is 44.5 Å². The highest BCUT2D eigenvalue weighted by molar-refractivity contribution is 5.48. The third kappa shape index (κ3) is 4.17. The molecule has 0 spiro atoms. The number of aromatic nitrogens is 2. The maximum Gasteiger partial charge on any atom is 0.0695 e. The summed E-state index contributed by atoms with van der Waals surface area (Å²) in [4.78, 5) is 5.06. The molecule has 0 saturated carbocycles. The van der Waals surface area contributed by atoms with Gasteiger partial charge in [-0.2, -0.15) is 5.10 Å². The third-order valence-electron chi connectivity index (χ3n) is 5.46. The van der Waals surface area contributed by atoms with Crippen LogP contribution >= 0.6 is 0 Å². The molecule has 26 heavy (non-hydrogen) atoms. The van der Waals surface area contributed by atoms with Crippen LogP contribution in [0.2, 0.25) is 0 Å². The Balaban J connectivity index is 1.83. The summed E-state index contributed by atoms with van der Waals surface area (Å²) < 4.78 is 1.98. The molecule has 2 heterocycles. The highest BCUT2D eigenvalue weighted by Gasteiger charge is 2.28. The Morgan fingerprint density at radius 1 is 1.23 bits per heavy atom. The molecule has 1 fully saturated rings. The zero-order chi connectivity index (χ0) is 18.7. The van der Waals surface area contributed by atoms with Crippen LogP contribution in [-0.2, 0) is 6.54 Å². The van der Waals surface area contributed by atoms with Crippen molar-refractivity contribution >= 4 is 0 Å². The third-order valence-corrected chi connectivity index (χ3v) is 5.46. The first-order chi connectivity index (χ1) is 12.5. The van der Waals surface area contributed by atoms with E-state index in [-0.39, 0.29) is 6.61 Å². The fourth-order valence-electron chi connectivity index (χ4n) is 4.18. The number of aliphatic hydroxyl groups is 1. The van der Waals surface area contributed by atoms with Crippen molar-refractivity contribution < 1.29 is 5.11 Å². The summed E-state index contributed by atoms with van der Waals surface area (Å²) in [6, 6.07) is 7.41. The van der Waals surface area contributed by atoms with E-state index in [9.17, 15) is 5.11 Å². The molecule has 0 aliphatic carbocycles. The zero-order valence-electron chi connectivity index (χ0n) is 16.5. The van der Waals surface area contributed by atoms with Crippen LogP contribution in [0.25, 0.3) is 5.69 Å². The Bertz CT molecular complexity index is 711. The molecule has 1 aromatic heterocycles. The molecule has 1 aliphatic rings. The van der Waals surface area contributed by atoms with E-state index >= 15 is 0 Å². The van der Waals surface area contributed by atoms with Crippen LogP contribution in [0, 0.1) is 13.8 Å². The number of benzene rings is 1. The van der Waals surface area contributed by atoms with Crippen molar-refractivity contribution in [1.82, 2.24) is 19.6 Å². The summed E-state index contributed by atoms with van der Waals surface area (Å²) in [5.74, 6) is 0. The van der Waals surface area contributed by atoms with Gasteiger partial charge in [0, 0.05) is 57.3 Å². The van der Waals surface area contributed by atoms with Gasteiger partial charge in [-0.15, -0.1) is 0 Å². The van der Waals surface area contributed by atoms with Crippen LogP contribution in [0.3, 0.4) is 0 Å². The maximum absolute atomic E-state index is 9.48. The van der Waals surface area contributed by atoms with E-state index in [2.05, 4.69) is 54.7 Å². The lowest BCUT2D eigenvalue weighted by molar-refractivity contribution is 0.0348. The summed E-state index contributed by atoms with van der Waals surface area (Å²) in [5, 5.41) is 13.9. The first-order valence-electron chi connectivity index (χ1n) is 9.68. The van der Waals surface area contributed by atoms with E-state index in [0.29, 0.717) is 12.1 Å². The fraction of sp³-hybridized carbons (Fsp3) is 0.571. The van der Waals surface area contributed by atoms with Crippen LogP contribution in [0.5, 0.6) is 0 Å². The molecule has 3 rings (SSSR count). The number of piperazine rings is 1. The normalized spacial score (nSPS) is 19.4. The maximum atomic E-state index is 9.48. The highest BCUT2D eigenvalue weighted by atomic mass is 16.3. The minimum atomic E-state index is 0.254. The second kappa shape index (κ2) is 8.33. The first kappa shape index (κ1) is 19.1. The van der Waals surface area contributed by atoms with Crippen molar-refractivity contribution in [2.24, 2.45) is 0 Å². The number of aliphatic hydroxyl groups excluding tert-OH is 1. The van der Waals surface area contributed by atoms with Gasteiger partial charge in [0.05, 0.1) is 5.69 Å². The monoisotopic (exact) mass is 356 g/mol. The van der Waals surface area contributed by atoms with Gasteiger partial charge in [-0.1, -0.05) is 6.07 Å². The summed E-state index contributed by atoms with van der Waals surface area (Å²) in [7, 11) is 0. The molecular weight excluding hydrogens is 324 g/mol. The van der Waals surface area contributed by atoms with Crippen LogP contribution < -0.4 is 0 Å². The molecule has 0 bridgehead atoms. The van der Waals surface area contributed by atoms with E-state index in [0.717, 1.165) is 32.6 Å². The molecule has 0 amide bonds. The van der Waals surface area contributed by atoms with Gasteiger partial charge in [-0.25, -0.2) is 4.68 Å². The zero-order valence-corrected chi connectivity index (χ0v) is 16.5. The summed E-state index contributed by atoms with van der Waals surface area (Å²) in [5.41, 5.74) is 5.11. The second-order valence-electron chi connectivity index (χ2n) is 7.76. The summed E-state index contributed by atoms with van der Waals surface area (Å²) >= 11 is 0. The van der Waals surface area contributed by atoms with E-state index < -0.39 is 0 Å². The Hall–Kier alpha value is -1.69. The van der Waals surface area contributed by atoms with Gasteiger partial charge in [0.2, 0.25) is 0 Å². The average molecular weight is 357 g/mol. The van der Waals surface area contributed by atoms with Crippen LogP contribution in [-0.4, -0.2) is 63.0 Å². The molecule has 5 nitrogen and oxygen atoms in total. The number of rotatable bonds is 6. The smallest absolute Gasteiger partial charge is 0.0695 e. The van der Waals surface area contributed by atoms with Gasteiger partial charge in [0.15, 0.2) is 0 Å². The van der Waals surface area contributed by atoms with Gasteiger partial charge < -0.3 is 5.11 Å². The SMILES string of the molecule is Cc1cc(C)c(CN2CCN(C(C)C)[C@H](CCO)C2)c(-n2cccn2)c1. The predicted octanol–water partition coefficient (Wildman–Crippen LogP) is 2.77. The molecule has 2 aromatic rings. The molecule has 0 radical (unpaired) electrons. The highest BCUT2D eigenvalue weighted by Crippen LogP contribution is 2.24. The van der Waals surface area contributed by atoms with Crippen molar-refractivity contribution in [3.63, 3.8) is 0 Å². The molecule has 1 atom stereocenters. The van der Waals surface area contributed by atoms with Crippen molar-refractivity contribution in [3.8, 4) is 5.69 Å². The van der Waals surface area contributed by atoms with Crippen molar-refractivity contribution in [2.75, 3.05) is 26.2 Å². The Kier molecular flexibility index (Phi) is 6.12. The fourth-order valence-corrected chi connectivity index (χ4v) is 4.18. The first-order valence-corrected chi connectivity index (χ1v) is 9.68. The molecule has 5 heteroatoms. The van der Waals surface area contributed by atoms with Crippen LogP contribution in [0.1, 0.15) is 37.0 Å². The summed E-state index contributed by atoms with van der Waals surface area (Å²) in [6.45, 7) is 13.1. The van der Waals surface area contributed by atoms with Gasteiger partial charge in [-0.05, 0) is 62.9 Å². The lowest BCUT2D eigenvalue weighted by atomic mass is 10.0. The predicted molar refractivity (Wildman–Crippen MR) is 106 cm³/mol. The van der Waals surface area contributed by atoms with Crippen molar-refractivity contribution in [1.29, 1.82) is 0 Å². The molecular formula is C21H32N4O. The summed E-state index contributed by atoms with van der Waals surface area (Å²) in [6.07, 6.45) is 4.69. The quantitative estimate of drug-likeness (QED) is 0.864. The number of nitrogens with zero attached hydrogens (tertiary/aromatic N) is 4. The van der Waals surface area contributed by atoms with Gasteiger partial charge in [0.25, 0.3) is 0 Å². The molecule has 1 saturated heterocycles. The Morgan fingerprint density at radius 2 is 2.04 bits per heavy atom. The lowest BCUT2D eigenvalue weighted by Crippen LogP contribution is -2.55. The molecule has 1 N–H and O–H groups in total. The number of aryl methyl sites for hydroxylation is 2.